The van der Waals surface area contributed by atoms with Crippen molar-refractivity contribution in [2.24, 2.45) is 11.8 Å². The third-order valence-electron chi connectivity index (χ3n) is 5.99. The molecule has 2 aromatic carbocycles. The van der Waals surface area contributed by atoms with E-state index in [4.69, 9.17) is 0 Å². The fraction of sp³-hybridized carbons (Fsp3) is 0.409. The molecule has 0 aliphatic heterocycles. The summed E-state index contributed by atoms with van der Waals surface area (Å²) in [5, 5.41) is 3.10. The molecule has 2 aliphatic rings. The number of carbonyl (C=O) groups is 1. The second kappa shape index (κ2) is 7.59. The number of fused-ring (bicyclic) bond motifs is 2. The van der Waals surface area contributed by atoms with E-state index in [-0.39, 0.29) is 23.4 Å². The van der Waals surface area contributed by atoms with Crippen LogP contribution in [0, 0.1) is 18.8 Å². The highest BCUT2D eigenvalue weighted by Crippen LogP contribution is 2.44. The highest BCUT2D eigenvalue weighted by atomic mass is 32.2. The number of anilines is 1. The van der Waals surface area contributed by atoms with Gasteiger partial charge in [-0.2, -0.15) is 0 Å². The molecule has 1 N–H and O–H groups in total. The summed E-state index contributed by atoms with van der Waals surface area (Å²) in [4.78, 5) is 13.0. The smallest absolute Gasteiger partial charge is 0.264 e. The zero-order valence-electron chi connectivity index (χ0n) is 16.0. The van der Waals surface area contributed by atoms with Crippen molar-refractivity contribution in [3.05, 3.63) is 60.2 Å². The average Bonchev–Trinajstić information content (AvgIpc) is 3.30. The van der Waals surface area contributed by atoms with E-state index in [0.29, 0.717) is 11.6 Å². The van der Waals surface area contributed by atoms with Gasteiger partial charge in [0.15, 0.2) is 0 Å². The van der Waals surface area contributed by atoms with Crippen LogP contribution in [0.15, 0.2) is 59.5 Å². The molecule has 1 amide bonds. The van der Waals surface area contributed by atoms with Gasteiger partial charge in [0, 0.05) is 6.04 Å². The van der Waals surface area contributed by atoms with Crippen LogP contribution >= 0.6 is 0 Å². The lowest BCUT2D eigenvalue weighted by Gasteiger charge is -2.27. The molecule has 2 aliphatic carbocycles. The molecular formula is C22H26N2O3S. The zero-order chi connectivity index (χ0) is 19.7. The van der Waals surface area contributed by atoms with Crippen LogP contribution in [0.5, 0.6) is 0 Å². The minimum Gasteiger partial charge on any atom is -0.352 e. The predicted octanol–water partition coefficient (Wildman–Crippen LogP) is 3.50. The molecular weight excluding hydrogens is 372 g/mol. The van der Waals surface area contributed by atoms with Gasteiger partial charge in [-0.15, -0.1) is 0 Å². The lowest BCUT2D eigenvalue weighted by Crippen LogP contribution is -2.46. The number of amides is 1. The molecule has 6 heteroatoms. The summed E-state index contributed by atoms with van der Waals surface area (Å²) in [7, 11) is -3.84. The third kappa shape index (κ3) is 3.78. The normalized spacial score (nSPS) is 23.5. The lowest BCUT2D eigenvalue weighted by molar-refractivity contribution is -0.120. The quantitative estimate of drug-likeness (QED) is 0.810. The van der Waals surface area contributed by atoms with Gasteiger partial charge in [0.2, 0.25) is 5.91 Å². The summed E-state index contributed by atoms with van der Waals surface area (Å²) in [5.74, 6) is 1.03. The molecule has 0 spiro atoms. The van der Waals surface area contributed by atoms with Gasteiger partial charge in [0.25, 0.3) is 10.0 Å². The molecule has 0 radical (unpaired) electrons. The Morgan fingerprint density at radius 2 is 1.86 bits per heavy atom. The van der Waals surface area contributed by atoms with Gasteiger partial charge in [0.05, 0.1) is 10.6 Å². The van der Waals surface area contributed by atoms with Crippen LogP contribution in [-0.2, 0) is 14.8 Å². The molecule has 0 heterocycles. The topological polar surface area (TPSA) is 66.5 Å². The molecule has 3 atom stereocenters. The first-order valence-electron chi connectivity index (χ1n) is 9.87. The van der Waals surface area contributed by atoms with E-state index in [1.807, 2.05) is 19.1 Å². The maximum absolute atomic E-state index is 13.3. The Morgan fingerprint density at radius 1 is 1.07 bits per heavy atom. The Bertz CT molecular complexity index is 959. The van der Waals surface area contributed by atoms with Crippen molar-refractivity contribution in [2.75, 3.05) is 10.8 Å². The first kappa shape index (κ1) is 19.0. The minimum atomic E-state index is -3.84. The second-order valence-electron chi connectivity index (χ2n) is 8.01. The van der Waals surface area contributed by atoms with Crippen molar-refractivity contribution in [2.45, 2.75) is 43.5 Å². The van der Waals surface area contributed by atoms with Gasteiger partial charge >= 0.3 is 0 Å². The maximum atomic E-state index is 13.3. The van der Waals surface area contributed by atoms with E-state index < -0.39 is 10.0 Å². The first-order valence-corrected chi connectivity index (χ1v) is 11.3. The zero-order valence-corrected chi connectivity index (χ0v) is 16.9. The number of carbonyl (C=O) groups excluding carboxylic acids is 1. The number of aryl methyl sites for hydroxylation is 1. The number of sulfonamides is 1. The summed E-state index contributed by atoms with van der Waals surface area (Å²) in [6.45, 7) is 1.70. The molecule has 0 aromatic heterocycles. The molecule has 148 valence electrons. The highest BCUT2D eigenvalue weighted by molar-refractivity contribution is 7.92. The molecule has 28 heavy (non-hydrogen) atoms. The Balaban J connectivity index is 1.59. The molecule has 2 saturated carbocycles. The summed E-state index contributed by atoms with van der Waals surface area (Å²) < 4.78 is 27.8. The maximum Gasteiger partial charge on any atom is 0.264 e. The molecule has 5 nitrogen and oxygen atoms in total. The summed E-state index contributed by atoms with van der Waals surface area (Å²) >= 11 is 0. The Labute approximate surface area is 166 Å². The lowest BCUT2D eigenvalue weighted by atomic mass is 9.95. The fourth-order valence-corrected chi connectivity index (χ4v) is 6.06. The number of hydrogen-bond acceptors (Lipinski definition) is 3. The highest BCUT2D eigenvalue weighted by Gasteiger charge is 2.40. The van der Waals surface area contributed by atoms with E-state index in [2.05, 4.69) is 5.32 Å². The van der Waals surface area contributed by atoms with E-state index in [1.54, 1.807) is 42.5 Å². The van der Waals surface area contributed by atoms with Crippen molar-refractivity contribution in [1.82, 2.24) is 5.32 Å². The number of hydrogen-bond donors (Lipinski definition) is 1. The van der Waals surface area contributed by atoms with E-state index in [1.165, 1.54) is 23.6 Å². The molecule has 2 fully saturated rings. The Morgan fingerprint density at radius 3 is 2.50 bits per heavy atom. The van der Waals surface area contributed by atoms with Gasteiger partial charge in [-0.1, -0.05) is 36.8 Å². The molecule has 2 aromatic rings. The van der Waals surface area contributed by atoms with Crippen LogP contribution in [0.2, 0.25) is 0 Å². The molecule has 0 saturated heterocycles. The van der Waals surface area contributed by atoms with Gasteiger partial charge in [-0.3, -0.25) is 9.10 Å². The summed E-state index contributed by atoms with van der Waals surface area (Å²) in [6, 6.07) is 15.7. The van der Waals surface area contributed by atoms with Crippen LogP contribution in [0.4, 0.5) is 5.69 Å². The summed E-state index contributed by atoms with van der Waals surface area (Å²) in [5.41, 5.74) is 1.45. The number of rotatable bonds is 6. The van der Waals surface area contributed by atoms with Crippen molar-refractivity contribution in [3.8, 4) is 0 Å². The third-order valence-corrected chi connectivity index (χ3v) is 7.78. The minimum absolute atomic E-state index is 0.184. The molecule has 0 unspecified atom stereocenters. The SMILES string of the molecule is Cc1cccc(N(CC(=O)N[C@@H]2C[C@H]3CC[C@@H]2C3)S(=O)(=O)c2ccccc2)c1. The summed E-state index contributed by atoms with van der Waals surface area (Å²) in [6.07, 6.45) is 4.63. The van der Waals surface area contributed by atoms with Gasteiger partial charge in [-0.25, -0.2) is 8.42 Å². The van der Waals surface area contributed by atoms with Crippen molar-refractivity contribution in [1.29, 1.82) is 0 Å². The van der Waals surface area contributed by atoms with Crippen molar-refractivity contribution in [3.63, 3.8) is 0 Å². The van der Waals surface area contributed by atoms with E-state index >= 15 is 0 Å². The molecule has 4 rings (SSSR count). The number of nitrogens with zero attached hydrogens (tertiary/aromatic N) is 1. The second-order valence-corrected chi connectivity index (χ2v) is 9.87. The number of nitrogens with one attached hydrogen (secondary N) is 1. The van der Waals surface area contributed by atoms with Crippen LogP contribution in [-0.4, -0.2) is 26.9 Å². The van der Waals surface area contributed by atoms with Crippen LogP contribution in [0.3, 0.4) is 0 Å². The van der Waals surface area contributed by atoms with Gasteiger partial charge in [0.1, 0.15) is 6.54 Å². The van der Waals surface area contributed by atoms with Crippen molar-refractivity contribution < 1.29 is 13.2 Å². The molecule has 2 bridgehead atoms. The van der Waals surface area contributed by atoms with Crippen molar-refractivity contribution >= 4 is 21.6 Å². The largest absolute Gasteiger partial charge is 0.352 e. The van der Waals surface area contributed by atoms with E-state index in [0.717, 1.165) is 17.9 Å². The Hall–Kier alpha value is -2.34. The van der Waals surface area contributed by atoms with Crippen LogP contribution in [0.1, 0.15) is 31.2 Å². The average molecular weight is 399 g/mol. The van der Waals surface area contributed by atoms with Crippen LogP contribution < -0.4 is 9.62 Å². The Kier molecular flexibility index (Phi) is 5.15. The van der Waals surface area contributed by atoms with Gasteiger partial charge in [-0.05, 0) is 67.9 Å². The fourth-order valence-electron chi connectivity index (χ4n) is 4.62. The van der Waals surface area contributed by atoms with Crippen LogP contribution in [0.25, 0.3) is 0 Å². The first-order chi connectivity index (χ1) is 13.4. The predicted molar refractivity (Wildman–Crippen MR) is 110 cm³/mol. The standard InChI is InChI=1S/C22H26N2O3S/c1-16-6-5-7-19(12-16)24(28(26,27)20-8-3-2-4-9-20)15-22(25)23-21-14-17-10-11-18(21)13-17/h2-9,12,17-18,21H,10-11,13-15H2,1H3,(H,23,25)/t17-,18+,21+/m0/s1. The van der Waals surface area contributed by atoms with E-state index in [9.17, 15) is 13.2 Å². The van der Waals surface area contributed by atoms with Gasteiger partial charge < -0.3 is 5.32 Å². The number of benzene rings is 2. The monoisotopic (exact) mass is 398 g/mol.